The van der Waals surface area contributed by atoms with Crippen LogP contribution in [0.4, 0.5) is 0 Å². The molecule has 0 rings (SSSR count). The minimum absolute atomic E-state index is 0.0190. The number of rotatable bonds is 3. The van der Waals surface area contributed by atoms with Gasteiger partial charge >= 0.3 is 0 Å². The van der Waals surface area contributed by atoms with Gasteiger partial charge in [0.25, 0.3) is 0 Å². The van der Waals surface area contributed by atoms with Crippen molar-refractivity contribution >= 4 is 15.7 Å². The first kappa shape index (κ1) is 13.4. The summed E-state index contributed by atoms with van der Waals surface area (Å²) in [5, 5.41) is 2.66. The van der Waals surface area contributed by atoms with Gasteiger partial charge in [-0.1, -0.05) is 20.8 Å². The van der Waals surface area contributed by atoms with Crippen LogP contribution in [0.1, 0.15) is 27.7 Å². The maximum absolute atomic E-state index is 11.5. The standard InChI is InChI=1S/C9H19NO3S/c1-7(6-14(5,12)13)10-8(11)9(2,3)4/h7H,6H2,1-5H3,(H,10,11)/t7-/m0/s1. The number of nitrogens with one attached hydrogen (secondary N) is 1. The van der Waals surface area contributed by atoms with E-state index in [1.807, 2.05) is 0 Å². The lowest BCUT2D eigenvalue weighted by atomic mass is 9.95. The molecule has 0 spiro atoms. The molecule has 0 bridgehead atoms. The highest BCUT2D eigenvalue weighted by atomic mass is 32.2. The lowest BCUT2D eigenvalue weighted by Gasteiger charge is -2.21. The van der Waals surface area contributed by atoms with Gasteiger partial charge < -0.3 is 5.32 Å². The van der Waals surface area contributed by atoms with Crippen molar-refractivity contribution in [2.75, 3.05) is 12.0 Å². The smallest absolute Gasteiger partial charge is 0.225 e. The molecule has 14 heavy (non-hydrogen) atoms. The third-order valence-electron chi connectivity index (χ3n) is 1.61. The van der Waals surface area contributed by atoms with Gasteiger partial charge in [-0.25, -0.2) is 8.42 Å². The van der Waals surface area contributed by atoms with E-state index in [4.69, 9.17) is 0 Å². The SMILES string of the molecule is C[C@@H](CS(C)(=O)=O)NC(=O)C(C)(C)C. The van der Waals surface area contributed by atoms with Crippen molar-refractivity contribution in [2.45, 2.75) is 33.7 Å². The number of carbonyl (C=O) groups excluding carboxylic acids is 1. The lowest BCUT2D eigenvalue weighted by Crippen LogP contribution is -2.43. The van der Waals surface area contributed by atoms with E-state index in [-0.39, 0.29) is 17.7 Å². The highest BCUT2D eigenvalue weighted by Crippen LogP contribution is 2.12. The van der Waals surface area contributed by atoms with E-state index in [2.05, 4.69) is 5.32 Å². The zero-order valence-electron chi connectivity index (χ0n) is 9.42. The summed E-state index contributed by atoms with van der Waals surface area (Å²) in [5.74, 6) is -0.150. The molecule has 0 radical (unpaired) electrons. The fourth-order valence-electron chi connectivity index (χ4n) is 0.936. The average Bonchev–Trinajstić information content (AvgIpc) is 1.79. The van der Waals surface area contributed by atoms with E-state index >= 15 is 0 Å². The quantitative estimate of drug-likeness (QED) is 0.758. The summed E-state index contributed by atoms with van der Waals surface area (Å²) in [6, 6.07) is -0.336. The lowest BCUT2D eigenvalue weighted by molar-refractivity contribution is -0.128. The maximum Gasteiger partial charge on any atom is 0.225 e. The molecular weight excluding hydrogens is 202 g/mol. The molecule has 0 fully saturated rings. The predicted octanol–water partition coefficient (Wildman–Crippen LogP) is 0.582. The second-order valence-electron chi connectivity index (χ2n) is 4.72. The number of carbonyl (C=O) groups is 1. The molecular formula is C9H19NO3S. The summed E-state index contributed by atoms with van der Waals surface area (Å²) in [7, 11) is -3.03. The third kappa shape index (κ3) is 5.96. The molecule has 0 aromatic heterocycles. The van der Waals surface area contributed by atoms with E-state index in [9.17, 15) is 13.2 Å². The third-order valence-corrected chi connectivity index (χ3v) is 2.72. The molecule has 0 unspecified atom stereocenters. The fraction of sp³-hybridized carbons (Fsp3) is 0.889. The molecule has 0 aromatic carbocycles. The Balaban J connectivity index is 4.22. The highest BCUT2D eigenvalue weighted by molar-refractivity contribution is 7.90. The number of sulfone groups is 1. The Labute approximate surface area is 86.0 Å². The highest BCUT2D eigenvalue weighted by Gasteiger charge is 2.23. The molecule has 1 N–H and O–H groups in total. The summed E-state index contributed by atoms with van der Waals surface area (Å²) < 4.78 is 21.8. The van der Waals surface area contributed by atoms with Crippen LogP contribution >= 0.6 is 0 Å². The van der Waals surface area contributed by atoms with Crippen LogP contribution in [0.25, 0.3) is 0 Å². The van der Waals surface area contributed by atoms with Gasteiger partial charge in [0.1, 0.15) is 9.84 Å². The first-order valence-corrected chi connectivity index (χ1v) is 6.57. The summed E-state index contributed by atoms with van der Waals surface area (Å²) in [5.41, 5.74) is -0.480. The van der Waals surface area contributed by atoms with Crippen LogP contribution in [-0.4, -0.2) is 32.4 Å². The Kier molecular flexibility index (Phi) is 4.12. The van der Waals surface area contributed by atoms with Gasteiger partial charge in [-0.05, 0) is 6.92 Å². The van der Waals surface area contributed by atoms with Crippen LogP contribution in [-0.2, 0) is 14.6 Å². The molecule has 1 atom stereocenters. The molecule has 4 nitrogen and oxygen atoms in total. The van der Waals surface area contributed by atoms with Gasteiger partial charge in [-0.3, -0.25) is 4.79 Å². The van der Waals surface area contributed by atoms with Gasteiger partial charge in [0, 0.05) is 17.7 Å². The molecule has 84 valence electrons. The molecule has 0 saturated carbocycles. The summed E-state index contributed by atoms with van der Waals surface area (Å²) in [6.07, 6.45) is 1.16. The number of hydrogen-bond acceptors (Lipinski definition) is 3. The Hall–Kier alpha value is -0.580. The van der Waals surface area contributed by atoms with E-state index < -0.39 is 15.3 Å². The molecule has 1 amide bonds. The van der Waals surface area contributed by atoms with Gasteiger partial charge in [-0.2, -0.15) is 0 Å². The average molecular weight is 221 g/mol. The molecule has 0 saturated heterocycles. The largest absolute Gasteiger partial charge is 0.352 e. The van der Waals surface area contributed by atoms with Crippen LogP contribution in [0.15, 0.2) is 0 Å². The molecule has 5 heteroatoms. The topological polar surface area (TPSA) is 63.2 Å². The molecule has 0 aliphatic carbocycles. The molecule has 0 heterocycles. The van der Waals surface area contributed by atoms with E-state index in [0.29, 0.717) is 0 Å². The molecule has 0 aliphatic heterocycles. The van der Waals surface area contributed by atoms with E-state index in [0.717, 1.165) is 6.26 Å². The van der Waals surface area contributed by atoms with Crippen LogP contribution < -0.4 is 5.32 Å². The second kappa shape index (κ2) is 4.29. The minimum Gasteiger partial charge on any atom is -0.352 e. The van der Waals surface area contributed by atoms with Crippen molar-refractivity contribution in [1.29, 1.82) is 0 Å². The first-order valence-electron chi connectivity index (χ1n) is 4.51. The van der Waals surface area contributed by atoms with Crippen LogP contribution in [0, 0.1) is 5.41 Å². The van der Waals surface area contributed by atoms with Gasteiger partial charge in [-0.15, -0.1) is 0 Å². The van der Waals surface area contributed by atoms with Crippen molar-refractivity contribution in [1.82, 2.24) is 5.32 Å². The Bertz CT molecular complexity index is 301. The maximum atomic E-state index is 11.5. The normalized spacial score (nSPS) is 14.9. The van der Waals surface area contributed by atoms with E-state index in [1.54, 1.807) is 27.7 Å². The number of amides is 1. The van der Waals surface area contributed by atoms with E-state index in [1.165, 1.54) is 0 Å². The summed E-state index contributed by atoms with van der Waals surface area (Å²) in [6.45, 7) is 7.05. The minimum atomic E-state index is -3.03. The van der Waals surface area contributed by atoms with Crippen LogP contribution in [0.3, 0.4) is 0 Å². The van der Waals surface area contributed by atoms with Gasteiger partial charge in [0.15, 0.2) is 0 Å². The Morgan fingerprint density at radius 1 is 1.36 bits per heavy atom. The first-order chi connectivity index (χ1) is 6.02. The van der Waals surface area contributed by atoms with Crippen molar-refractivity contribution in [3.8, 4) is 0 Å². The van der Waals surface area contributed by atoms with Crippen molar-refractivity contribution < 1.29 is 13.2 Å². The van der Waals surface area contributed by atoms with Crippen LogP contribution in [0.2, 0.25) is 0 Å². The predicted molar refractivity (Wildman–Crippen MR) is 56.8 cm³/mol. The fourth-order valence-corrected chi connectivity index (χ4v) is 1.93. The Morgan fingerprint density at radius 3 is 2.07 bits per heavy atom. The zero-order chi connectivity index (χ0) is 11.6. The Morgan fingerprint density at radius 2 is 1.79 bits per heavy atom. The van der Waals surface area contributed by atoms with Crippen LogP contribution in [0.5, 0.6) is 0 Å². The number of hydrogen-bond donors (Lipinski definition) is 1. The molecule has 0 aromatic rings. The monoisotopic (exact) mass is 221 g/mol. The van der Waals surface area contributed by atoms with Crippen molar-refractivity contribution in [2.24, 2.45) is 5.41 Å². The second-order valence-corrected chi connectivity index (χ2v) is 6.90. The summed E-state index contributed by atoms with van der Waals surface area (Å²) >= 11 is 0. The van der Waals surface area contributed by atoms with Crippen molar-refractivity contribution in [3.05, 3.63) is 0 Å². The van der Waals surface area contributed by atoms with Gasteiger partial charge in [0.05, 0.1) is 5.75 Å². The van der Waals surface area contributed by atoms with Gasteiger partial charge in [0.2, 0.25) is 5.91 Å². The summed E-state index contributed by atoms with van der Waals surface area (Å²) in [4.78, 5) is 11.5. The zero-order valence-corrected chi connectivity index (χ0v) is 10.2. The van der Waals surface area contributed by atoms with Crippen molar-refractivity contribution in [3.63, 3.8) is 0 Å². The molecule has 0 aliphatic rings.